The summed E-state index contributed by atoms with van der Waals surface area (Å²) < 4.78 is 2.07. The molecule has 0 bridgehead atoms. The molecule has 0 aliphatic carbocycles. The topological polar surface area (TPSA) is 68.3 Å². The second-order valence-corrected chi connectivity index (χ2v) is 9.11. The highest BCUT2D eigenvalue weighted by atomic mass is 35.5. The number of hydrogen-bond donors (Lipinski definition) is 1. The fourth-order valence-corrected chi connectivity index (χ4v) is 5.25. The van der Waals surface area contributed by atoms with Gasteiger partial charge in [0.1, 0.15) is 0 Å². The molecule has 2 heterocycles. The van der Waals surface area contributed by atoms with Crippen LogP contribution in [0.15, 0.2) is 72.9 Å². The molecule has 2 N–H and O–H groups in total. The van der Waals surface area contributed by atoms with Crippen LogP contribution in [-0.4, -0.2) is 22.9 Å². The zero-order valence-corrected chi connectivity index (χ0v) is 20.0. The summed E-state index contributed by atoms with van der Waals surface area (Å²) in [5.74, 6) is -1.11. The highest BCUT2D eigenvalue weighted by Crippen LogP contribution is 2.41. The van der Waals surface area contributed by atoms with Crippen LogP contribution in [0.4, 0.5) is 5.69 Å². The Labute approximate surface area is 211 Å². The smallest absolute Gasteiger partial charge is 0.259 e. The lowest BCUT2D eigenvalue weighted by Crippen LogP contribution is -2.33. The minimum Gasteiger partial charge on any atom is -0.366 e. The van der Waals surface area contributed by atoms with Crippen molar-refractivity contribution in [1.82, 2.24) is 4.57 Å². The Kier molecular flexibility index (Phi) is 5.86. The molecule has 3 aromatic carbocycles. The van der Waals surface area contributed by atoms with Gasteiger partial charge in [-0.15, -0.1) is 0 Å². The summed E-state index contributed by atoms with van der Waals surface area (Å²) in [7, 11) is 0. The van der Waals surface area contributed by atoms with Gasteiger partial charge in [0.2, 0.25) is 5.91 Å². The highest BCUT2D eigenvalue weighted by molar-refractivity contribution is 6.43. The molecule has 0 atom stereocenters. The molecular formula is C26H18Cl3N3O2. The normalized spacial score (nSPS) is 12.6. The number of carbonyl (C=O) groups excluding carboxylic acids is 2. The van der Waals surface area contributed by atoms with Gasteiger partial charge in [-0.2, -0.15) is 0 Å². The second-order valence-electron chi connectivity index (χ2n) is 7.91. The van der Waals surface area contributed by atoms with Crippen molar-refractivity contribution in [2.45, 2.75) is 6.42 Å². The molecule has 5 rings (SSSR count). The SMILES string of the molecule is NC(=O)c1cc(C(=O)N2CCc3cccn3-c3ccccc32)c(Cl)c(-c2cccc(Cl)c2)c1Cl. The molecule has 4 aromatic rings. The lowest BCUT2D eigenvalue weighted by Gasteiger charge is -2.24. The molecule has 1 aromatic heterocycles. The molecule has 1 aliphatic heterocycles. The van der Waals surface area contributed by atoms with Crippen molar-refractivity contribution >= 4 is 52.3 Å². The summed E-state index contributed by atoms with van der Waals surface area (Å²) >= 11 is 19.5. The first-order chi connectivity index (χ1) is 16.4. The Hall–Kier alpha value is -3.25. The fourth-order valence-electron chi connectivity index (χ4n) is 4.32. The zero-order valence-electron chi connectivity index (χ0n) is 17.8. The molecule has 8 heteroatoms. The van der Waals surface area contributed by atoms with Crippen LogP contribution in [0.25, 0.3) is 16.8 Å². The summed E-state index contributed by atoms with van der Waals surface area (Å²) in [4.78, 5) is 27.9. The average Bonchev–Trinajstić information content (AvgIpc) is 3.22. The van der Waals surface area contributed by atoms with Crippen LogP contribution in [0, 0.1) is 0 Å². The Morgan fingerprint density at radius 1 is 0.824 bits per heavy atom. The number of rotatable bonds is 3. The predicted octanol–water partition coefficient (Wildman–Crippen LogP) is 6.41. The van der Waals surface area contributed by atoms with Crippen LogP contribution < -0.4 is 10.6 Å². The minimum absolute atomic E-state index is 0.0127. The Balaban J connectivity index is 1.69. The number of anilines is 1. The van der Waals surface area contributed by atoms with Crippen LogP contribution in [0.1, 0.15) is 26.4 Å². The zero-order chi connectivity index (χ0) is 24.0. The largest absolute Gasteiger partial charge is 0.366 e. The van der Waals surface area contributed by atoms with E-state index in [1.165, 1.54) is 6.07 Å². The number of halogens is 3. The highest BCUT2D eigenvalue weighted by Gasteiger charge is 2.29. The van der Waals surface area contributed by atoms with Crippen molar-refractivity contribution in [1.29, 1.82) is 0 Å². The summed E-state index contributed by atoms with van der Waals surface area (Å²) in [5, 5.41) is 0.664. The number of nitrogens with two attached hydrogens (primary N) is 1. The molecule has 1 aliphatic rings. The van der Waals surface area contributed by atoms with Crippen LogP contribution in [0.5, 0.6) is 0 Å². The molecular weight excluding hydrogens is 493 g/mol. The molecule has 0 spiro atoms. The van der Waals surface area contributed by atoms with E-state index in [9.17, 15) is 9.59 Å². The summed E-state index contributed by atoms with van der Waals surface area (Å²) in [5.41, 5.74) is 9.37. The van der Waals surface area contributed by atoms with Gasteiger partial charge in [-0.05, 0) is 48.0 Å². The van der Waals surface area contributed by atoms with E-state index < -0.39 is 5.91 Å². The van der Waals surface area contributed by atoms with E-state index in [0.717, 1.165) is 17.1 Å². The van der Waals surface area contributed by atoms with Crippen LogP contribution in [-0.2, 0) is 6.42 Å². The van der Waals surface area contributed by atoms with E-state index in [2.05, 4.69) is 4.57 Å². The number of primary amides is 1. The monoisotopic (exact) mass is 509 g/mol. The van der Waals surface area contributed by atoms with E-state index in [0.29, 0.717) is 29.1 Å². The standard InChI is InChI=1S/C26H18Cl3N3O2/c27-16-6-3-5-15(13-16)22-23(28)18(25(30)33)14-19(24(22)29)26(34)32-12-10-17-7-4-11-31(17)20-8-1-2-9-21(20)32/h1-9,11,13-14H,10,12H2,(H2,30,33). The molecule has 2 amide bonds. The maximum Gasteiger partial charge on any atom is 0.259 e. The Morgan fingerprint density at radius 3 is 2.29 bits per heavy atom. The van der Waals surface area contributed by atoms with E-state index in [1.54, 1.807) is 29.2 Å². The summed E-state index contributed by atoms with van der Waals surface area (Å²) in [6.45, 7) is 0.428. The van der Waals surface area contributed by atoms with Crippen LogP contribution in [0.2, 0.25) is 15.1 Å². The van der Waals surface area contributed by atoms with Crippen molar-refractivity contribution in [2.75, 3.05) is 11.4 Å². The van der Waals surface area contributed by atoms with Gasteiger partial charge in [0.05, 0.1) is 32.5 Å². The number of para-hydroxylation sites is 2. The van der Waals surface area contributed by atoms with Crippen molar-refractivity contribution < 1.29 is 9.59 Å². The molecule has 170 valence electrons. The van der Waals surface area contributed by atoms with Crippen molar-refractivity contribution in [2.24, 2.45) is 5.73 Å². The van der Waals surface area contributed by atoms with E-state index in [-0.39, 0.29) is 27.1 Å². The van der Waals surface area contributed by atoms with Gasteiger partial charge in [0.25, 0.3) is 5.91 Å². The number of amides is 2. The third-order valence-corrected chi connectivity index (χ3v) is 6.93. The molecule has 0 radical (unpaired) electrons. The van der Waals surface area contributed by atoms with E-state index >= 15 is 0 Å². The number of nitrogens with zero attached hydrogens (tertiary/aromatic N) is 2. The van der Waals surface area contributed by atoms with Gasteiger partial charge < -0.3 is 15.2 Å². The number of carbonyl (C=O) groups is 2. The maximum atomic E-state index is 14.0. The Morgan fingerprint density at radius 2 is 1.56 bits per heavy atom. The van der Waals surface area contributed by atoms with Gasteiger partial charge in [0, 0.05) is 35.4 Å². The minimum atomic E-state index is -0.758. The summed E-state index contributed by atoms with van der Waals surface area (Å²) in [6, 6.07) is 19.9. The molecule has 34 heavy (non-hydrogen) atoms. The maximum absolute atomic E-state index is 14.0. The number of aromatic nitrogens is 1. The van der Waals surface area contributed by atoms with E-state index in [4.69, 9.17) is 40.5 Å². The molecule has 0 saturated heterocycles. The van der Waals surface area contributed by atoms with Crippen LogP contribution >= 0.6 is 34.8 Å². The number of fused-ring (bicyclic) bond motifs is 3. The third-order valence-electron chi connectivity index (χ3n) is 5.91. The molecule has 0 saturated carbocycles. The molecule has 0 unspecified atom stereocenters. The quantitative estimate of drug-likeness (QED) is 0.346. The summed E-state index contributed by atoms with van der Waals surface area (Å²) in [6.07, 6.45) is 2.61. The van der Waals surface area contributed by atoms with Crippen molar-refractivity contribution in [3.8, 4) is 16.8 Å². The van der Waals surface area contributed by atoms with Gasteiger partial charge in [-0.1, -0.05) is 59.1 Å². The van der Waals surface area contributed by atoms with E-state index in [1.807, 2.05) is 42.6 Å². The van der Waals surface area contributed by atoms with Crippen molar-refractivity contribution in [3.05, 3.63) is 105 Å². The van der Waals surface area contributed by atoms with Gasteiger partial charge in [-0.3, -0.25) is 9.59 Å². The molecule has 0 fully saturated rings. The first-order valence-electron chi connectivity index (χ1n) is 10.5. The predicted molar refractivity (Wildman–Crippen MR) is 137 cm³/mol. The van der Waals surface area contributed by atoms with Crippen molar-refractivity contribution in [3.63, 3.8) is 0 Å². The lowest BCUT2D eigenvalue weighted by molar-refractivity contribution is 0.0987. The first kappa shape index (κ1) is 22.5. The average molecular weight is 511 g/mol. The number of hydrogen-bond acceptors (Lipinski definition) is 2. The van der Waals surface area contributed by atoms with Gasteiger partial charge >= 0.3 is 0 Å². The first-order valence-corrected chi connectivity index (χ1v) is 11.7. The third kappa shape index (κ3) is 3.76. The second kappa shape index (κ2) is 8.84. The van der Waals surface area contributed by atoms with Gasteiger partial charge in [0.15, 0.2) is 0 Å². The Bertz CT molecular complexity index is 1460. The fraction of sp³-hybridized carbons (Fsp3) is 0.0769. The number of benzene rings is 3. The van der Waals surface area contributed by atoms with Crippen LogP contribution in [0.3, 0.4) is 0 Å². The molecule has 5 nitrogen and oxygen atoms in total. The van der Waals surface area contributed by atoms with Gasteiger partial charge in [-0.25, -0.2) is 0 Å². The lowest BCUT2D eigenvalue weighted by atomic mass is 9.98.